The molecule has 2 aromatic heterocycles. The van der Waals surface area contributed by atoms with Crippen molar-refractivity contribution in [1.82, 2.24) is 19.9 Å². The predicted molar refractivity (Wildman–Crippen MR) is 74.1 cm³/mol. The molecule has 0 atom stereocenters. The van der Waals surface area contributed by atoms with E-state index in [9.17, 15) is 4.79 Å². The fourth-order valence-corrected chi connectivity index (χ4v) is 1.74. The molecule has 0 spiro atoms. The van der Waals surface area contributed by atoms with Crippen LogP contribution in [0.3, 0.4) is 0 Å². The third kappa shape index (κ3) is 3.67. The SMILES string of the molecule is Cc1ccc2nc(NCCC(=O)NC(C)C)nn2c1. The number of aromatic nitrogens is 3. The summed E-state index contributed by atoms with van der Waals surface area (Å²) in [4.78, 5) is 15.8. The summed E-state index contributed by atoms with van der Waals surface area (Å²) in [5.41, 5.74) is 1.92. The van der Waals surface area contributed by atoms with Gasteiger partial charge < -0.3 is 10.6 Å². The van der Waals surface area contributed by atoms with Crippen LogP contribution in [0.2, 0.25) is 0 Å². The van der Waals surface area contributed by atoms with Gasteiger partial charge in [0.2, 0.25) is 11.9 Å². The molecular weight excluding hydrogens is 242 g/mol. The highest BCUT2D eigenvalue weighted by atomic mass is 16.1. The second kappa shape index (κ2) is 5.69. The summed E-state index contributed by atoms with van der Waals surface area (Å²) < 4.78 is 1.73. The lowest BCUT2D eigenvalue weighted by molar-refractivity contribution is -0.121. The van der Waals surface area contributed by atoms with E-state index >= 15 is 0 Å². The van der Waals surface area contributed by atoms with Gasteiger partial charge in [0, 0.05) is 25.2 Å². The number of nitrogens with zero attached hydrogens (tertiary/aromatic N) is 3. The summed E-state index contributed by atoms with van der Waals surface area (Å²) >= 11 is 0. The Morgan fingerprint density at radius 3 is 2.95 bits per heavy atom. The zero-order chi connectivity index (χ0) is 13.8. The monoisotopic (exact) mass is 261 g/mol. The van der Waals surface area contributed by atoms with E-state index in [0.29, 0.717) is 18.9 Å². The van der Waals surface area contributed by atoms with E-state index in [-0.39, 0.29) is 11.9 Å². The zero-order valence-corrected chi connectivity index (χ0v) is 11.5. The van der Waals surface area contributed by atoms with Crippen LogP contribution in [0.25, 0.3) is 5.65 Å². The van der Waals surface area contributed by atoms with Crippen molar-refractivity contribution in [2.24, 2.45) is 0 Å². The molecular formula is C13H19N5O. The lowest BCUT2D eigenvalue weighted by Gasteiger charge is -2.07. The molecule has 0 fully saturated rings. The third-order valence-corrected chi connectivity index (χ3v) is 2.56. The largest absolute Gasteiger partial charge is 0.354 e. The van der Waals surface area contributed by atoms with Crippen LogP contribution in [0.4, 0.5) is 5.95 Å². The third-order valence-electron chi connectivity index (χ3n) is 2.56. The van der Waals surface area contributed by atoms with Crippen molar-refractivity contribution in [2.75, 3.05) is 11.9 Å². The lowest BCUT2D eigenvalue weighted by atomic mass is 10.3. The first-order valence-corrected chi connectivity index (χ1v) is 6.41. The molecule has 6 heteroatoms. The Balaban J connectivity index is 1.89. The van der Waals surface area contributed by atoms with Gasteiger partial charge in [-0.25, -0.2) is 4.52 Å². The minimum absolute atomic E-state index is 0.0297. The minimum Gasteiger partial charge on any atom is -0.354 e. The lowest BCUT2D eigenvalue weighted by Crippen LogP contribution is -2.31. The maximum atomic E-state index is 11.5. The standard InChI is InChI=1S/C13H19N5O/c1-9(2)15-12(19)6-7-14-13-16-11-5-4-10(3)8-18(11)17-13/h4-5,8-9H,6-7H2,1-3H3,(H,14,17)(H,15,19). The van der Waals surface area contributed by atoms with Crippen molar-refractivity contribution in [2.45, 2.75) is 33.2 Å². The molecule has 0 aliphatic heterocycles. The Bertz CT molecular complexity index is 575. The number of aryl methyl sites for hydroxylation is 1. The first kappa shape index (κ1) is 13.3. The van der Waals surface area contributed by atoms with Gasteiger partial charge >= 0.3 is 0 Å². The summed E-state index contributed by atoms with van der Waals surface area (Å²) in [6.45, 7) is 6.41. The van der Waals surface area contributed by atoms with Gasteiger partial charge in [0.25, 0.3) is 0 Å². The number of nitrogens with one attached hydrogen (secondary N) is 2. The highest BCUT2D eigenvalue weighted by molar-refractivity contribution is 5.76. The number of carbonyl (C=O) groups is 1. The number of hydrogen-bond donors (Lipinski definition) is 2. The quantitative estimate of drug-likeness (QED) is 0.852. The van der Waals surface area contributed by atoms with Gasteiger partial charge in [0.1, 0.15) is 0 Å². The molecule has 0 aliphatic carbocycles. The number of rotatable bonds is 5. The maximum absolute atomic E-state index is 11.5. The van der Waals surface area contributed by atoms with Crippen molar-refractivity contribution < 1.29 is 4.79 Å². The Morgan fingerprint density at radius 2 is 2.21 bits per heavy atom. The van der Waals surface area contributed by atoms with Gasteiger partial charge in [-0.15, -0.1) is 5.10 Å². The van der Waals surface area contributed by atoms with Gasteiger partial charge in [-0.05, 0) is 32.4 Å². The van der Waals surface area contributed by atoms with Crippen LogP contribution < -0.4 is 10.6 Å². The molecule has 6 nitrogen and oxygen atoms in total. The van der Waals surface area contributed by atoms with Crippen molar-refractivity contribution in [1.29, 1.82) is 0 Å². The van der Waals surface area contributed by atoms with Crippen LogP contribution in [0.15, 0.2) is 18.3 Å². The normalized spacial score (nSPS) is 10.9. The molecule has 0 aliphatic rings. The average molecular weight is 261 g/mol. The van der Waals surface area contributed by atoms with Gasteiger partial charge in [-0.1, -0.05) is 6.07 Å². The van der Waals surface area contributed by atoms with Gasteiger partial charge in [0.05, 0.1) is 0 Å². The van der Waals surface area contributed by atoms with Crippen molar-refractivity contribution in [3.05, 3.63) is 23.9 Å². The second-order valence-electron chi connectivity index (χ2n) is 4.84. The molecule has 2 aromatic rings. The van der Waals surface area contributed by atoms with Crippen LogP contribution in [0.1, 0.15) is 25.8 Å². The van der Waals surface area contributed by atoms with Crippen molar-refractivity contribution in [3.8, 4) is 0 Å². The van der Waals surface area contributed by atoms with Crippen molar-refractivity contribution >= 4 is 17.5 Å². The van der Waals surface area contributed by atoms with E-state index in [2.05, 4.69) is 20.7 Å². The van der Waals surface area contributed by atoms with Crippen LogP contribution in [-0.2, 0) is 4.79 Å². The molecule has 1 amide bonds. The average Bonchev–Trinajstić information content (AvgIpc) is 2.69. The van der Waals surface area contributed by atoms with Gasteiger partial charge in [-0.3, -0.25) is 4.79 Å². The highest BCUT2D eigenvalue weighted by Crippen LogP contribution is 2.06. The van der Waals surface area contributed by atoms with E-state index in [1.54, 1.807) is 4.52 Å². The van der Waals surface area contributed by atoms with E-state index in [0.717, 1.165) is 11.2 Å². The number of anilines is 1. The Morgan fingerprint density at radius 1 is 1.42 bits per heavy atom. The number of carbonyl (C=O) groups excluding carboxylic acids is 1. The second-order valence-corrected chi connectivity index (χ2v) is 4.84. The molecule has 0 saturated carbocycles. The van der Waals surface area contributed by atoms with Gasteiger partial charge in [0.15, 0.2) is 5.65 Å². The zero-order valence-electron chi connectivity index (χ0n) is 11.5. The van der Waals surface area contributed by atoms with Crippen LogP contribution >= 0.6 is 0 Å². The molecule has 0 unspecified atom stereocenters. The van der Waals surface area contributed by atoms with E-state index in [1.165, 1.54) is 0 Å². The van der Waals surface area contributed by atoms with E-state index < -0.39 is 0 Å². The molecule has 102 valence electrons. The minimum atomic E-state index is 0.0297. The highest BCUT2D eigenvalue weighted by Gasteiger charge is 2.05. The molecule has 2 N–H and O–H groups in total. The number of fused-ring (bicyclic) bond motifs is 1. The van der Waals surface area contributed by atoms with E-state index in [4.69, 9.17) is 0 Å². The maximum Gasteiger partial charge on any atom is 0.243 e. The summed E-state index contributed by atoms with van der Waals surface area (Å²) in [7, 11) is 0. The summed E-state index contributed by atoms with van der Waals surface area (Å²) in [5.74, 6) is 0.574. The fraction of sp³-hybridized carbons (Fsp3) is 0.462. The van der Waals surface area contributed by atoms with Crippen LogP contribution in [0, 0.1) is 6.92 Å². The Kier molecular flexibility index (Phi) is 3.99. The summed E-state index contributed by atoms with van der Waals surface area (Å²) in [6, 6.07) is 4.08. The molecule has 0 bridgehead atoms. The summed E-state index contributed by atoms with van der Waals surface area (Å²) in [5, 5.41) is 10.2. The summed E-state index contributed by atoms with van der Waals surface area (Å²) in [6.07, 6.45) is 2.33. The molecule has 0 aromatic carbocycles. The number of amides is 1. The number of pyridine rings is 1. The predicted octanol–water partition coefficient (Wildman–Crippen LogP) is 1.36. The Labute approximate surface area is 112 Å². The Hall–Kier alpha value is -2.11. The smallest absolute Gasteiger partial charge is 0.243 e. The molecule has 0 radical (unpaired) electrons. The number of hydrogen-bond acceptors (Lipinski definition) is 4. The van der Waals surface area contributed by atoms with Crippen LogP contribution in [0.5, 0.6) is 0 Å². The van der Waals surface area contributed by atoms with Gasteiger partial charge in [-0.2, -0.15) is 4.98 Å². The fourth-order valence-electron chi connectivity index (χ4n) is 1.74. The first-order valence-electron chi connectivity index (χ1n) is 6.41. The van der Waals surface area contributed by atoms with E-state index in [1.807, 2.05) is 39.1 Å². The molecule has 2 rings (SSSR count). The topological polar surface area (TPSA) is 71.3 Å². The van der Waals surface area contributed by atoms with Crippen molar-refractivity contribution in [3.63, 3.8) is 0 Å². The molecule has 0 saturated heterocycles. The first-order chi connectivity index (χ1) is 9.04. The molecule has 19 heavy (non-hydrogen) atoms. The molecule has 2 heterocycles. The van der Waals surface area contributed by atoms with Crippen LogP contribution in [-0.4, -0.2) is 33.1 Å².